The van der Waals surface area contributed by atoms with Crippen molar-refractivity contribution in [2.75, 3.05) is 27.2 Å². The number of likely N-dealkylation sites (tertiary alicyclic amines) is 1. The van der Waals surface area contributed by atoms with E-state index >= 15 is 0 Å². The van der Waals surface area contributed by atoms with Crippen LogP contribution in [-0.4, -0.2) is 54.9 Å². The molecule has 2 aromatic carbocycles. The molecule has 1 atom stereocenters. The molecule has 0 unspecified atom stereocenters. The van der Waals surface area contributed by atoms with Gasteiger partial charge in [-0.2, -0.15) is 11.3 Å². The minimum atomic E-state index is 0.0519. The van der Waals surface area contributed by atoms with Crippen LogP contribution in [0, 0.1) is 5.92 Å². The summed E-state index contributed by atoms with van der Waals surface area (Å²) in [6, 6.07) is 20.2. The molecule has 35 heavy (non-hydrogen) atoms. The number of hydrogen-bond acceptors (Lipinski definition) is 4. The first-order valence-corrected chi connectivity index (χ1v) is 13.2. The van der Waals surface area contributed by atoms with Crippen molar-refractivity contribution in [2.24, 2.45) is 5.92 Å². The van der Waals surface area contributed by atoms with Crippen molar-refractivity contribution < 1.29 is 14.3 Å². The lowest BCUT2D eigenvalue weighted by Gasteiger charge is -2.40. The third-order valence-electron chi connectivity index (χ3n) is 7.07. The number of rotatable bonds is 9. The maximum atomic E-state index is 13.2. The molecule has 2 heterocycles. The van der Waals surface area contributed by atoms with E-state index in [-0.39, 0.29) is 17.9 Å². The molecule has 0 bridgehead atoms. The average Bonchev–Trinajstić information content (AvgIpc) is 3.45. The Morgan fingerprint density at radius 1 is 1.06 bits per heavy atom. The van der Waals surface area contributed by atoms with Gasteiger partial charge in [0.25, 0.3) is 5.91 Å². The second-order valence-corrected chi connectivity index (χ2v) is 10.0. The molecule has 1 aliphatic heterocycles. The number of thiophene rings is 1. The largest absolute Gasteiger partial charge is 0.497 e. The van der Waals surface area contributed by atoms with Gasteiger partial charge in [-0.3, -0.25) is 9.59 Å². The van der Waals surface area contributed by atoms with Gasteiger partial charge in [-0.15, -0.1) is 0 Å². The summed E-state index contributed by atoms with van der Waals surface area (Å²) in [6.45, 7) is 1.49. The predicted molar refractivity (Wildman–Crippen MR) is 141 cm³/mol. The zero-order valence-corrected chi connectivity index (χ0v) is 21.4. The van der Waals surface area contributed by atoms with E-state index in [1.807, 2.05) is 64.0 Å². The van der Waals surface area contributed by atoms with Crippen molar-refractivity contribution in [3.63, 3.8) is 0 Å². The van der Waals surface area contributed by atoms with Gasteiger partial charge in [0.15, 0.2) is 0 Å². The molecule has 5 nitrogen and oxygen atoms in total. The monoisotopic (exact) mass is 490 g/mol. The smallest absolute Gasteiger partial charge is 0.254 e. The van der Waals surface area contributed by atoms with Crippen LogP contribution in [-0.2, 0) is 17.6 Å². The third kappa shape index (κ3) is 6.51. The minimum Gasteiger partial charge on any atom is -0.497 e. The summed E-state index contributed by atoms with van der Waals surface area (Å²) in [7, 11) is 3.59. The number of carbonyl (C=O) groups is 2. The van der Waals surface area contributed by atoms with Crippen molar-refractivity contribution in [1.82, 2.24) is 9.80 Å². The zero-order valence-electron chi connectivity index (χ0n) is 20.6. The first-order valence-electron chi connectivity index (χ1n) is 12.3. The molecule has 0 radical (unpaired) electrons. The van der Waals surface area contributed by atoms with Gasteiger partial charge in [0.2, 0.25) is 5.91 Å². The van der Waals surface area contributed by atoms with Crippen molar-refractivity contribution in [3.05, 3.63) is 88.1 Å². The van der Waals surface area contributed by atoms with Gasteiger partial charge >= 0.3 is 0 Å². The Bertz CT molecular complexity index is 1090. The fraction of sp³-hybridized carbons (Fsp3) is 0.379. The Hall–Kier alpha value is -3.12. The quantitative estimate of drug-likeness (QED) is 0.408. The summed E-state index contributed by atoms with van der Waals surface area (Å²) >= 11 is 1.54. The lowest BCUT2D eigenvalue weighted by molar-refractivity contribution is -0.132. The summed E-state index contributed by atoms with van der Waals surface area (Å²) in [6.07, 6.45) is 3.87. The van der Waals surface area contributed by atoms with Gasteiger partial charge in [0, 0.05) is 38.0 Å². The molecular formula is C29H34N2O3S. The average molecular weight is 491 g/mol. The van der Waals surface area contributed by atoms with Gasteiger partial charge in [-0.25, -0.2) is 0 Å². The van der Waals surface area contributed by atoms with E-state index in [9.17, 15) is 9.59 Å². The SMILES string of the molecule is COc1cccc(C[C@@H](C2CCN(C(=O)CCc3ccccc3)CC2)N(C)C(=O)c2ccsc2)c1. The number of amides is 2. The first kappa shape index (κ1) is 25.0. The van der Waals surface area contributed by atoms with Gasteiger partial charge in [-0.1, -0.05) is 42.5 Å². The molecule has 0 spiro atoms. The topological polar surface area (TPSA) is 49.9 Å². The van der Waals surface area contributed by atoms with E-state index in [1.165, 1.54) is 16.9 Å². The number of carbonyl (C=O) groups excluding carboxylic acids is 2. The van der Waals surface area contributed by atoms with Crippen LogP contribution in [0.5, 0.6) is 5.75 Å². The Morgan fingerprint density at radius 2 is 1.80 bits per heavy atom. The minimum absolute atomic E-state index is 0.0519. The van der Waals surface area contributed by atoms with Crippen LogP contribution >= 0.6 is 11.3 Å². The predicted octanol–water partition coefficient (Wildman–Crippen LogP) is 5.31. The number of aryl methyl sites for hydroxylation is 1. The second-order valence-electron chi connectivity index (χ2n) is 9.25. The maximum Gasteiger partial charge on any atom is 0.254 e. The van der Waals surface area contributed by atoms with E-state index in [0.717, 1.165) is 55.6 Å². The molecule has 184 valence electrons. The lowest BCUT2D eigenvalue weighted by atomic mass is 9.84. The van der Waals surface area contributed by atoms with Crippen LogP contribution in [0.4, 0.5) is 0 Å². The van der Waals surface area contributed by atoms with E-state index in [4.69, 9.17) is 4.74 Å². The molecule has 0 saturated carbocycles. The number of benzene rings is 2. The number of methoxy groups -OCH3 is 1. The van der Waals surface area contributed by atoms with Crippen LogP contribution in [0.15, 0.2) is 71.4 Å². The standard InChI is InChI=1S/C29H34N2O3S/c1-30(29(33)25-15-18-35-21-25)27(20-23-9-6-10-26(19-23)34-2)24-13-16-31(17-14-24)28(32)12-11-22-7-4-3-5-8-22/h3-10,15,18-19,21,24,27H,11-14,16-17,20H2,1-2H3/t27-/m0/s1. The maximum absolute atomic E-state index is 13.2. The Morgan fingerprint density at radius 3 is 2.49 bits per heavy atom. The second kappa shape index (κ2) is 12.0. The highest BCUT2D eigenvalue weighted by atomic mass is 32.1. The van der Waals surface area contributed by atoms with Gasteiger partial charge in [0.05, 0.1) is 12.7 Å². The van der Waals surface area contributed by atoms with Crippen LogP contribution < -0.4 is 4.74 Å². The van der Waals surface area contributed by atoms with Crippen LogP contribution in [0.1, 0.15) is 40.7 Å². The number of nitrogens with zero attached hydrogens (tertiary/aromatic N) is 2. The molecule has 1 aromatic heterocycles. The molecule has 0 N–H and O–H groups in total. The van der Waals surface area contributed by atoms with Crippen molar-refractivity contribution in [3.8, 4) is 5.75 Å². The van der Waals surface area contributed by atoms with Gasteiger partial charge in [0.1, 0.15) is 5.75 Å². The van der Waals surface area contributed by atoms with Crippen LogP contribution in [0.3, 0.4) is 0 Å². The summed E-state index contributed by atoms with van der Waals surface area (Å²) in [5.74, 6) is 1.43. The van der Waals surface area contributed by atoms with Crippen molar-refractivity contribution >= 4 is 23.2 Å². The molecule has 2 amide bonds. The molecule has 6 heteroatoms. The molecule has 1 aliphatic rings. The summed E-state index contributed by atoms with van der Waals surface area (Å²) in [5, 5.41) is 3.85. The number of ether oxygens (including phenoxy) is 1. The van der Waals surface area contributed by atoms with Gasteiger partial charge in [-0.05, 0) is 66.3 Å². The van der Waals surface area contributed by atoms with Crippen molar-refractivity contribution in [2.45, 2.75) is 38.1 Å². The van der Waals surface area contributed by atoms with E-state index in [2.05, 4.69) is 24.3 Å². The summed E-state index contributed by atoms with van der Waals surface area (Å²) in [4.78, 5) is 30.0. The van der Waals surface area contributed by atoms with Crippen molar-refractivity contribution in [1.29, 1.82) is 0 Å². The third-order valence-corrected chi connectivity index (χ3v) is 7.76. The van der Waals surface area contributed by atoms with E-state index in [0.29, 0.717) is 12.3 Å². The van der Waals surface area contributed by atoms with Crippen LogP contribution in [0.25, 0.3) is 0 Å². The fourth-order valence-electron chi connectivity index (χ4n) is 4.99. The summed E-state index contributed by atoms with van der Waals surface area (Å²) in [5.41, 5.74) is 3.09. The highest BCUT2D eigenvalue weighted by Gasteiger charge is 2.33. The lowest BCUT2D eigenvalue weighted by Crippen LogP contribution is -2.48. The van der Waals surface area contributed by atoms with Gasteiger partial charge < -0.3 is 14.5 Å². The fourth-order valence-corrected chi connectivity index (χ4v) is 5.62. The Kier molecular flexibility index (Phi) is 8.59. The normalized spacial score (nSPS) is 15.0. The molecule has 1 saturated heterocycles. The van der Waals surface area contributed by atoms with Crippen LogP contribution in [0.2, 0.25) is 0 Å². The highest BCUT2D eigenvalue weighted by molar-refractivity contribution is 7.08. The molecular weight excluding hydrogens is 456 g/mol. The molecule has 0 aliphatic carbocycles. The van der Waals surface area contributed by atoms with E-state index in [1.54, 1.807) is 7.11 Å². The summed E-state index contributed by atoms with van der Waals surface area (Å²) < 4.78 is 5.42. The first-order chi connectivity index (χ1) is 17.0. The highest BCUT2D eigenvalue weighted by Crippen LogP contribution is 2.29. The Labute approximate surface area is 212 Å². The zero-order chi connectivity index (χ0) is 24.6. The number of hydrogen-bond donors (Lipinski definition) is 0. The molecule has 3 aromatic rings. The molecule has 1 fully saturated rings. The molecule has 4 rings (SSSR count). The number of piperidine rings is 1. The van der Waals surface area contributed by atoms with E-state index < -0.39 is 0 Å². The number of likely N-dealkylation sites (N-methyl/N-ethyl adjacent to an activating group) is 1. The Balaban J connectivity index is 1.42.